The minimum Gasteiger partial charge on any atom is -0.467 e. The van der Waals surface area contributed by atoms with Crippen molar-refractivity contribution in [3.63, 3.8) is 0 Å². The molecule has 2 atom stereocenters. The molecule has 0 aliphatic carbocycles. The van der Waals surface area contributed by atoms with Crippen LogP contribution in [-0.2, 0) is 25.7 Å². The SMILES string of the molecule is COC(=O)[C@@H](CCCCC#N)NC(=O)[C@H](NC(=O)OCc1ccccc1)C(C)C. The fourth-order valence-corrected chi connectivity index (χ4v) is 2.63. The molecule has 0 aromatic heterocycles. The van der Waals surface area contributed by atoms with Crippen LogP contribution in [0.15, 0.2) is 30.3 Å². The van der Waals surface area contributed by atoms with E-state index in [2.05, 4.69) is 10.6 Å². The molecule has 1 rings (SSSR count). The Labute approximate surface area is 171 Å². The van der Waals surface area contributed by atoms with Crippen molar-refractivity contribution in [2.24, 2.45) is 5.92 Å². The third-order valence-electron chi connectivity index (χ3n) is 4.27. The zero-order chi connectivity index (χ0) is 21.6. The highest BCUT2D eigenvalue weighted by molar-refractivity contribution is 5.89. The molecule has 0 aliphatic heterocycles. The highest BCUT2D eigenvalue weighted by Crippen LogP contribution is 2.09. The summed E-state index contributed by atoms with van der Waals surface area (Å²) in [4.78, 5) is 36.8. The Morgan fingerprint density at radius 3 is 2.38 bits per heavy atom. The fraction of sp³-hybridized carbons (Fsp3) is 0.524. The van der Waals surface area contributed by atoms with E-state index in [0.717, 1.165) is 5.56 Å². The van der Waals surface area contributed by atoms with Gasteiger partial charge in [-0.1, -0.05) is 44.2 Å². The van der Waals surface area contributed by atoms with Crippen molar-refractivity contribution in [1.82, 2.24) is 10.6 Å². The summed E-state index contributed by atoms with van der Waals surface area (Å²) in [5.41, 5.74) is 0.830. The third kappa shape index (κ3) is 9.10. The highest BCUT2D eigenvalue weighted by atomic mass is 16.5. The molecule has 0 aliphatic rings. The van der Waals surface area contributed by atoms with Crippen LogP contribution in [0.3, 0.4) is 0 Å². The molecule has 8 nitrogen and oxygen atoms in total. The number of nitrogens with one attached hydrogen (secondary N) is 2. The number of nitrogens with zero attached hydrogens (tertiary/aromatic N) is 1. The summed E-state index contributed by atoms with van der Waals surface area (Å²) < 4.78 is 9.92. The largest absolute Gasteiger partial charge is 0.467 e. The first kappa shape index (κ1) is 24.0. The molecule has 158 valence electrons. The quantitative estimate of drug-likeness (QED) is 0.433. The van der Waals surface area contributed by atoms with E-state index in [1.165, 1.54) is 7.11 Å². The number of benzene rings is 1. The maximum atomic E-state index is 12.7. The summed E-state index contributed by atoms with van der Waals surface area (Å²) in [6.45, 7) is 3.65. The Balaban J connectivity index is 2.64. The molecule has 29 heavy (non-hydrogen) atoms. The number of carbonyl (C=O) groups excluding carboxylic acids is 3. The standard InChI is InChI=1S/C21H29N3O5/c1-15(2)18(24-21(27)29-14-16-10-6-4-7-11-16)19(25)23-17(20(26)28-3)12-8-5-9-13-22/h4,6-7,10-11,15,17-18H,5,8-9,12,14H2,1-3H3,(H,23,25)(H,24,27)/t17-,18-/m1/s1. The summed E-state index contributed by atoms with van der Waals surface area (Å²) in [5, 5.41) is 13.8. The molecule has 2 amide bonds. The van der Waals surface area contributed by atoms with E-state index < -0.39 is 30.1 Å². The van der Waals surface area contributed by atoms with E-state index in [1.807, 2.05) is 36.4 Å². The number of hydrogen-bond acceptors (Lipinski definition) is 6. The molecule has 0 unspecified atom stereocenters. The van der Waals surface area contributed by atoms with Crippen LogP contribution in [0.4, 0.5) is 4.79 Å². The van der Waals surface area contributed by atoms with Crippen molar-refractivity contribution in [1.29, 1.82) is 5.26 Å². The molecule has 1 aromatic rings. The van der Waals surface area contributed by atoms with Crippen LogP contribution < -0.4 is 10.6 Å². The van der Waals surface area contributed by atoms with Gasteiger partial charge in [-0.15, -0.1) is 0 Å². The monoisotopic (exact) mass is 403 g/mol. The number of hydrogen-bond donors (Lipinski definition) is 2. The molecular weight excluding hydrogens is 374 g/mol. The Hall–Kier alpha value is -3.08. The lowest BCUT2D eigenvalue weighted by molar-refractivity contribution is -0.145. The van der Waals surface area contributed by atoms with E-state index in [-0.39, 0.29) is 12.5 Å². The van der Waals surface area contributed by atoms with Crippen molar-refractivity contribution >= 4 is 18.0 Å². The number of methoxy groups -OCH3 is 1. The van der Waals surface area contributed by atoms with E-state index in [0.29, 0.717) is 25.7 Å². The van der Waals surface area contributed by atoms with Crippen LogP contribution in [0.25, 0.3) is 0 Å². The molecule has 0 bridgehead atoms. The molecule has 1 aromatic carbocycles. The molecule has 0 radical (unpaired) electrons. The van der Waals surface area contributed by atoms with Gasteiger partial charge in [0.05, 0.1) is 13.2 Å². The van der Waals surface area contributed by atoms with Gasteiger partial charge in [-0.05, 0) is 30.7 Å². The topological polar surface area (TPSA) is 118 Å². The number of rotatable bonds is 11. The summed E-state index contributed by atoms with van der Waals surface area (Å²) in [7, 11) is 1.25. The van der Waals surface area contributed by atoms with Gasteiger partial charge < -0.3 is 20.1 Å². The van der Waals surface area contributed by atoms with Crippen molar-refractivity contribution < 1.29 is 23.9 Å². The lowest BCUT2D eigenvalue weighted by atomic mass is 10.0. The molecule has 8 heteroatoms. The number of alkyl carbamates (subject to hydrolysis) is 1. The van der Waals surface area contributed by atoms with Gasteiger partial charge in [-0.25, -0.2) is 9.59 Å². The zero-order valence-corrected chi connectivity index (χ0v) is 17.1. The molecule has 0 heterocycles. The van der Waals surface area contributed by atoms with Gasteiger partial charge in [0.1, 0.15) is 18.7 Å². The normalized spacial score (nSPS) is 12.4. The van der Waals surface area contributed by atoms with Crippen molar-refractivity contribution in [3.05, 3.63) is 35.9 Å². The predicted molar refractivity (Wildman–Crippen MR) is 106 cm³/mol. The van der Waals surface area contributed by atoms with Gasteiger partial charge in [0, 0.05) is 6.42 Å². The Morgan fingerprint density at radius 2 is 1.79 bits per heavy atom. The lowest BCUT2D eigenvalue weighted by Gasteiger charge is -2.24. The molecule has 0 spiro atoms. The van der Waals surface area contributed by atoms with E-state index in [4.69, 9.17) is 14.7 Å². The van der Waals surface area contributed by atoms with Crippen LogP contribution in [-0.4, -0.2) is 37.2 Å². The predicted octanol–water partition coefficient (Wildman–Crippen LogP) is 2.68. The summed E-state index contributed by atoms with van der Waals surface area (Å²) in [5.74, 6) is -1.28. The summed E-state index contributed by atoms with van der Waals surface area (Å²) in [6, 6.07) is 9.52. The average molecular weight is 403 g/mol. The Bertz CT molecular complexity index is 700. The average Bonchev–Trinajstić information content (AvgIpc) is 2.72. The number of amides is 2. The first-order valence-electron chi connectivity index (χ1n) is 9.61. The van der Waals surface area contributed by atoms with Gasteiger partial charge in [0.15, 0.2) is 0 Å². The number of ether oxygens (including phenoxy) is 2. The second-order valence-corrected chi connectivity index (χ2v) is 6.92. The smallest absolute Gasteiger partial charge is 0.408 e. The summed E-state index contributed by atoms with van der Waals surface area (Å²) >= 11 is 0. The van der Waals surface area contributed by atoms with Crippen LogP contribution >= 0.6 is 0 Å². The number of carbonyl (C=O) groups is 3. The Kier molecular flexibility index (Phi) is 10.9. The van der Waals surface area contributed by atoms with E-state index >= 15 is 0 Å². The van der Waals surface area contributed by atoms with E-state index in [1.54, 1.807) is 13.8 Å². The van der Waals surface area contributed by atoms with Gasteiger partial charge in [0.25, 0.3) is 0 Å². The van der Waals surface area contributed by atoms with Crippen molar-refractivity contribution in [3.8, 4) is 6.07 Å². The second-order valence-electron chi connectivity index (χ2n) is 6.92. The molecule has 0 saturated heterocycles. The van der Waals surface area contributed by atoms with E-state index in [9.17, 15) is 14.4 Å². The molecular formula is C21H29N3O5. The molecule has 2 N–H and O–H groups in total. The number of nitriles is 1. The third-order valence-corrected chi connectivity index (χ3v) is 4.27. The number of unbranched alkanes of at least 4 members (excludes halogenated alkanes) is 2. The van der Waals surface area contributed by atoms with Crippen LogP contribution in [0.2, 0.25) is 0 Å². The van der Waals surface area contributed by atoms with Crippen LogP contribution in [0.5, 0.6) is 0 Å². The van der Waals surface area contributed by atoms with Crippen molar-refractivity contribution in [2.45, 2.75) is 58.2 Å². The van der Waals surface area contributed by atoms with Crippen LogP contribution in [0.1, 0.15) is 45.1 Å². The lowest BCUT2D eigenvalue weighted by Crippen LogP contribution is -2.53. The summed E-state index contributed by atoms with van der Waals surface area (Å²) in [6.07, 6.45) is 1.23. The van der Waals surface area contributed by atoms with Crippen molar-refractivity contribution in [2.75, 3.05) is 7.11 Å². The second kappa shape index (κ2) is 13.2. The molecule has 0 fully saturated rings. The highest BCUT2D eigenvalue weighted by Gasteiger charge is 2.29. The minimum atomic E-state index is -0.871. The van der Waals surface area contributed by atoms with Gasteiger partial charge >= 0.3 is 12.1 Å². The van der Waals surface area contributed by atoms with Crippen LogP contribution in [0, 0.1) is 17.2 Å². The zero-order valence-electron chi connectivity index (χ0n) is 17.1. The molecule has 0 saturated carbocycles. The number of esters is 1. The fourth-order valence-electron chi connectivity index (χ4n) is 2.63. The van der Waals surface area contributed by atoms with Gasteiger partial charge in [-0.2, -0.15) is 5.26 Å². The minimum absolute atomic E-state index is 0.0861. The maximum Gasteiger partial charge on any atom is 0.408 e. The first-order valence-corrected chi connectivity index (χ1v) is 9.61. The Morgan fingerprint density at radius 1 is 1.10 bits per heavy atom. The van der Waals surface area contributed by atoms with Gasteiger partial charge in [0.2, 0.25) is 5.91 Å². The first-order chi connectivity index (χ1) is 13.9. The maximum absolute atomic E-state index is 12.7. The van der Waals surface area contributed by atoms with Gasteiger partial charge in [-0.3, -0.25) is 4.79 Å².